The molecule has 0 saturated heterocycles. The van der Waals surface area contributed by atoms with E-state index in [0.717, 1.165) is 25.7 Å². The highest BCUT2D eigenvalue weighted by atomic mass is 32.2. The Hall–Kier alpha value is -0.420. The molecule has 0 bridgehead atoms. The molecule has 0 aromatic carbocycles. The van der Waals surface area contributed by atoms with Gasteiger partial charge in [-0.25, -0.2) is 0 Å². The van der Waals surface area contributed by atoms with Crippen molar-refractivity contribution in [3.63, 3.8) is 0 Å². The van der Waals surface area contributed by atoms with Crippen LogP contribution in [0.5, 0.6) is 0 Å². The summed E-state index contributed by atoms with van der Waals surface area (Å²) in [7, 11) is -0.759. The van der Waals surface area contributed by atoms with E-state index in [-0.39, 0.29) is 17.9 Å². The van der Waals surface area contributed by atoms with Crippen LogP contribution in [0.2, 0.25) is 0 Å². The van der Waals surface area contributed by atoms with Gasteiger partial charge in [-0.15, -0.1) is 0 Å². The van der Waals surface area contributed by atoms with Crippen molar-refractivity contribution in [2.24, 2.45) is 11.7 Å². The van der Waals surface area contributed by atoms with Crippen molar-refractivity contribution in [2.45, 2.75) is 31.7 Å². The Morgan fingerprint density at radius 1 is 1.53 bits per heavy atom. The second-order valence-electron chi connectivity index (χ2n) is 4.19. The minimum atomic E-state index is -0.759. The van der Waals surface area contributed by atoms with Crippen molar-refractivity contribution in [3.05, 3.63) is 0 Å². The molecule has 1 aliphatic carbocycles. The first-order valence-corrected chi connectivity index (χ1v) is 7.15. The van der Waals surface area contributed by atoms with Crippen molar-refractivity contribution >= 4 is 16.7 Å². The summed E-state index contributed by atoms with van der Waals surface area (Å²) in [5, 5.41) is 2.87. The van der Waals surface area contributed by atoms with E-state index < -0.39 is 10.8 Å². The summed E-state index contributed by atoms with van der Waals surface area (Å²) in [6.07, 6.45) is 5.14. The Morgan fingerprint density at radius 3 is 2.80 bits per heavy atom. The van der Waals surface area contributed by atoms with Crippen molar-refractivity contribution in [3.8, 4) is 0 Å². The topological polar surface area (TPSA) is 72.2 Å². The molecule has 0 aromatic rings. The van der Waals surface area contributed by atoms with Gasteiger partial charge in [-0.3, -0.25) is 9.00 Å². The van der Waals surface area contributed by atoms with Crippen LogP contribution in [0.4, 0.5) is 0 Å². The molecule has 4 nitrogen and oxygen atoms in total. The molecule has 3 unspecified atom stereocenters. The Kier molecular flexibility index (Phi) is 5.25. The predicted octanol–water partition coefficient (Wildman–Crippen LogP) is -0.00140. The van der Waals surface area contributed by atoms with Gasteiger partial charge < -0.3 is 11.1 Å². The van der Waals surface area contributed by atoms with Crippen LogP contribution < -0.4 is 11.1 Å². The van der Waals surface area contributed by atoms with Gasteiger partial charge in [0.1, 0.15) is 0 Å². The van der Waals surface area contributed by atoms with Crippen LogP contribution in [0.1, 0.15) is 25.7 Å². The Balaban J connectivity index is 2.11. The fourth-order valence-electron chi connectivity index (χ4n) is 1.89. The summed E-state index contributed by atoms with van der Waals surface area (Å²) in [6, 6.07) is 0.198. The van der Waals surface area contributed by atoms with Crippen molar-refractivity contribution < 1.29 is 9.00 Å². The van der Waals surface area contributed by atoms with Crippen LogP contribution >= 0.6 is 0 Å². The van der Waals surface area contributed by atoms with Crippen LogP contribution in [0.3, 0.4) is 0 Å². The number of hydrogen-bond donors (Lipinski definition) is 2. The van der Waals surface area contributed by atoms with E-state index in [2.05, 4.69) is 5.32 Å². The highest BCUT2D eigenvalue weighted by molar-refractivity contribution is 7.84. The lowest BCUT2D eigenvalue weighted by atomic mass is 10.1. The van der Waals surface area contributed by atoms with Crippen molar-refractivity contribution in [2.75, 3.05) is 18.6 Å². The molecule has 0 aliphatic heterocycles. The summed E-state index contributed by atoms with van der Waals surface area (Å²) >= 11 is 0. The molecule has 3 N–H and O–H groups in total. The lowest BCUT2D eigenvalue weighted by Crippen LogP contribution is -2.31. The molecule has 0 radical (unpaired) electrons. The third-order valence-electron chi connectivity index (χ3n) is 2.75. The van der Waals surface area contributed by atoms with Crippen molar-refractivity contribution in [1.29, 1.82) is 0 Å². The molecule has 1 fully saturated rings. The zero-order chi connectivity index (χ0) is 11.3. The number of rotatable bonds is 5. The lowest BCUT2D eigenvalue weighted by Gasteiger charge is -2.10. The molecule has 0 aromatic heterocycles. The standard InChI is InChI=1S/C10H20N2O2S/c1-15(14)6-2-5-12-10(13)8-3-4-9(11)7-8/h8-9H,2-7,11H2,1H3,(H,12,13). The fraction of sp³-hybridized carbons (Fsp3) is 0.900. The van der Waals surface area contributed by atoms with Crippen molar-refractivity contribution in [1.82, 2.24) is 5.32 Å². The second kappa shape index (κ2) is 6.23. The summed E-state index contributed by atoms with van der Waals surface area (Å²) < 4.78 is 10.8. The number of amides is 1. The third kappa shape index (κ3) is 4.75. The molecular weight excluding hydrogens is 212 g/mol. The summed E-state index contributed by atoms with van der Waals surface area (Å²) in [6.45, 7) is 0.629. The smallest absolute Gasteiger partial charge is 0.223 e. The molecule has 1 rings (SSSR count). The highest BCUT2D eigenvalue weighted by Gasteiger charge is 2.27. The van der Waals surface area contributed by atoms with E-state index in [9.17, 15) is 9.00 Å². The van der Waals surface area contributed by atoms with Gasteiger partial charge in [0.15, 0.2) is 0 Å². The Bertz CT molecular complexity index is 246. The average molecular weight is 232 g/mol. The quantitative estimate of drug-likeness (QED) is 0.655. The predicted molar refractivity (Wildman–Crippen MR) is 61.9 cm³/mol. The molecule has 1 amide bonds. The molecule has 0 spiro atoms. The summed E-state index contributed by atoms with van der Waals surface area (Å²) in [5.41, 5.74) is 5.74. The first kappa shape index (κ1) is 12.6. The van der Waals surface area contributed by atoms with Gasteiger partial charge in [0.25, 0.3) is 0 Å². The van der Waals surface area contributed by atoms with Crippen LogP contribution in [-0.2, 0) is 15.6 Å². The SMILES string of the molecule is CS(=O)CCCNC(=O)C1CCC(N)C1. The average Bonchev–Trinajstić information content (AvgIpc) is 2.59. The van der Waals surface area contributed by atoms with Crippen LogP contribution in [0, 0.1) is 5.92 Å². The number of carbonyl (C=O) groups is 1. The van der Waals surface area contributed by atoms with Gasteiger partial charge in [-0.2, -0.15) is 0 Å². The summed E-state index contributed by atoms with van der Waals surface area (Å²) in [5.74, 6) is 0.877. The number of carbonyl (C=O) groups excluding carboxylic acids is 1. The molecule has 3 atom stereocenters. The number of nitrogens with one attached hydrogen (secondary N) is 1. The molecular formula is C10H20N2O2S. The Labute approximate surface area is 93.4 Å². The van der Waals surface area contributed by atoms with E-state index in [1.54, 1.807) is 6.26 Å². The first-order chi connectivity index (χ1) is 7.09. The van der Waals surface area contributed by atoms with Gasteiger partial charge in [0, 0.05) is 41.3 Å². The molecule has 15 heavy (non-hydrogen) atoms. The first-order valence-electron chi connectivity index (χ1n) is 5.43. The van der Waals surface area contributed by atoms with Gasteiger partial charge in [-0.05, 0) is 25.7 Å². The molecule has 0 heterocycles. The lowest BCUT2D eigenvalue weighted by molar-refractivity contribution is -0.124. The molecule has 88 valence electrons. The van der Waals surface area contributed by atoms with Gasteiger partial charge in [0.2, 0.25) is 5.91 Å². The van der Waals surface area contributed by atoms with E-state index in [1.165, 1.54) is 0 Å². The number of hydrogen-bond acceptors (Lipinski definition) is 3. The largest absolute Gasteiger partial charge is 0.356 e. The van der Waals surface area contributed by atoms with Crippen LogP contribution in [0.25, 0.3) is 0 Å². The maximum Gasteiger partial charge on any atom is 0.223 e. The molecule has 1 aliphatic rings. The second-order valence-corrected chi connectivity index (χ2v) is 5.75. The van der Waals surface area contributed by atoms with E-state index in [0.29, 0.717) is 12.3 Å². The van der Waals surface area contributed by atoms with E-state index in [1.807, 2.05) is 0 Å². The fourth-order valence-corrected chi connectivity index (χ4v) is 2.44. The maximum atomic E-state index is 11.6. The zero-order valence-corrected chi connectivity index (χ0v) is 10.0. The maximum absolute atomic E-state index is 11.6. The summed E-state index contributed by atoms with van der Waals surface area (Å²) in [4.78, 5) is 11.6. The van der Waals surface area contributed by atoms with Gasteiger partial charge in [0.05, 0.1) is 0 Å². The molecule has 1 saturated carbocycles. The van der Waals surface area contributed by atoms with Crippen LogP contribution in [-0.4, -0.2) is 34.7 Å². The number of nitrogens with two attached hydrogens (primary N) is 1. The minimum Gasteiger partial charge on any atom is -0.356 e. The minimum absolute atomic E-state index is 0.104. The Morgan fingerprint density at radius 2 is 2.27 bits per heavy atom. The molecule has 5 heteroatoms. The van der Waals surface area contributed by atoms with E-state index in [4.69, 9.17) is 5.73 Å². The highest BCUT2D eigenvalue weighted by Crippen LogP contribution is 2.23. The third-order valence-corrected chi connectivity index (χ3v) is 3.62. The van der Waals surface area contributed by atoms with E-state index >= 15 is 0 Å². The zero-order valence-electron chi connectivity index (χ0n) is 9.20. The monoisotopic (exact) mass is 232 g/mol. The van der Waals surface area contributed by atoms with Gasteiger partial charge >= 0.3 is 0 Å². The normalized spacial score (nSPS) is 27.6. The van der Waals surface area contributed by atoms with Crippen LogP contribution in [0.15, 0.2) is 0 Å². The van der Waals surface area contributed by atoms with Gasteiger partial charge in [-0.1, -0.05) is 0 Å².